The van der Waals surface area contributed by atoms with Gasteiger partial charge in [-0.1, -0.05) is 18.2 Å². The van der Waals surface area contributed by atoms with E-state index >= 15 is 0 Å². The van der Waals surface area contributed by atoms with E-state index in [9.17, 15) is 18.0 Å². The molecule has 10 heteroatoms. The zero-order chi connectivity index (χ0) is 17.5. The third kappa shape index (κ3) is 5.77. The number of carboxylic acid groups (broad SMARTS) is 2. The van der Waals surface area contributed by atoms with Crippen molar-refractivity contribution < 1.29 is 38.4 Å². The molecule has 0 saturated heterocycles. The van der Waals surface area contributed by atoms with Crippen molar-refractivity contribution >= 4 is 22.0 Å². The summed E-state index contributed by atoms with van der Waals surface area (Å²) in [5.74, 6) is -3.54. The molecule has 22 heavy (non-hydrogen) atoms. The van der Waals surface area contributed by atoms with E-state index in [1.54, 1.807) is 30.3 Å². The van der Waals surface area contributed by atoms with Crippen molar-refractivity contribution in [3.05, 3.63) is 30.3 Å². The first-order valence-electron chi connectivity index (χ1n) is 5.81. The Hall–Kier alpha value is -2.01. The minimum absolute atomic E-state index is 0.329. The molecule has 0 bridgehead atoms. The molecule has 0 aliphatic carbocycles. The van der Waals surface area contributed by atoms with Crippen molar-refractivity contribution in [2.24, 2.45) is 0 Å². The van der Waals surface area contributed by atoms with E-state index < -0.39 is 34.2 Å². The number of carbonyl (C=O) groups is 2. The largest absolute Gasteiger partial charge is 0.479 e. The molecule has 0 heterocycles. The third-order valence-corrected chi connectivity index (χ3v) is 4.16. The lowest BCUT2D eigenvalue weighted by molar-refractivity contribution is -0.165. The fourth-order valence-electron chi connectivity index (χ4n) is 1.07. The van der Waals surface area contributed by atoms with E-state index in [4.69, 9.17) is 20.4 Å². The molecule has 1 aromatic carbocycles. The molecular weight excluding hydrogens is 318 g/mol. The Balaban J connectivity index is 0.000000409. The van der Waals surface area contributed by atoms with Crippen LogP contribution < -0.4 is 0 Å². The van der Waals surface area contributed by atoms with Crippen LogP contribution in [0.5, 0.6) is 0 Å². The van der Waals surface area contributed by atoms with Crippen molar-refractivity contribution in [2.75, 3.05) is 14.1 Å². The highest BCUT2D eigenvalue weighted by molar-refractivity contribution is 7.89. The van der Waals surface area contributed by atoms with Gasteiger partial charge in [-0.15, -0.1) is 0 Å². The fourth-order valence-corrected chi connectivity index (χ4v) is 2.00. The summed E-state index contributed by atoms with van der Waals surface area (Å²) in [5, 5.41) is 32.5. The van der Waals surface area contributed by atoms with Crippen LogP contribution in [-0.4, -0.2) is 71.4 Å². The highest BCUT2D eigenvalue weighted by Crippen LogP contribution is 2.10. The van der Waals surface area contributed by atoms with Gasteiger partial charge in [0, 0.05) is 14.1 Å². The van der Waals surface area contributed by atoms with Crippen LogP contribution in [0.15, 0.2) is 35.2 Å². The Kier molecular flexibility index (Phi) is 7.67. The predicted molar refractivity (Wildman–Crippen MR) is 74.6 cm³/mol. The molecule has 0 fully saturated rings. The molecule has 0 saturated carbocycles. The Labute approximate surface area is 127 Å². The van der Waals surface area contributed by atoms with E-state index in [2.05, 4.69) is 0 Å². The highest BCUT2D eigenvalue weighted by Gasteiger charge is 2.29. The molecule has 0 aliphatic heterocycles. The molecule has 0 aliphatic rings. The number of hydrogen-bond acceptors (Lipinski definition) is 6. The summed E-state index contributed by atoms with van der Waals surface area (Å²) in [7, 11) is -0.211. The molecule has 4 N–H and O–H groups in total. The van der Waals surface area contributed by atoms with E-state index in [0.717, 1.165) is 0 Å². The van der Waals surface area contributed by atoms with Crippen molar-refractivity contribution in [2.45, 2.75) is 17.1 Å². The van der Waals surface area contributed by atoms with Gasteiger partial charge in [0.25, 0.3) is 0 Å². The molecular formula is C12H17NO8S. The van der Waals surface area contributed by atoms with Crippen LogP contribution in [0.2, 0.25) is 0 Å². The number of nitrogens with zero attached hydrogens (tertiary/aromatic N) is 1. The van der Waals surface area contributed by atoms with Crippen LogP contribution in [0, 0.1) is 0 Å². The van der Waals surface area contributed by atoms with Gasteiger partial charge in [-0.3, -0.25) is 0 Å². The first kappa shape index (κ1) is 20.0. The standard InChI is InChI=1S/C8H11NO2S.C4H6O6/c1-9(2)12(10,11)8-6-4-3-5-7-8;5-1(3(7)8)2(6)4(9)10/h3-7H,1-2H3;1-2,5-6H,(H,7,8)(H,9,10). The average molecular weight is 335 g/mol. The summed E-state index contributed by atoms with van der Waals surface area (Å²) >= 11 is 0. The molecule has 1 rings (SSSR count). The first-order valence-corrected chi connectivity index (χ1v) is 7.25. The van der Waals surface area contributed by atoms with Crippen LogP contribution >= 0.6 is 0 Å². The van der Waals surface area contributed by atoms with Gasteiger partial charge >= 0.3 is 11.9 Å². The maximum Gasteiger partial charge on any atom is 0.335 e. The summed E-state index contributed by atoms with van der Waals surface area (Å²) in [6, 6.07) is 8.35. The smallest absolute Gasteiger partial charge is 0.335 e. The number of rotatable bonds is 5. The SMILES string of the molecule is CN(C)S(=O)(=O)c1ccccc1.O=C(O)C(O)C(O)C(=O)O. The zero-order valence-electron chi connectivity index (χ0n) is 11.8. The number of aliphatic hydroxyl groups is 2. The maximum absolute atomic E-state index is 11.5. The molecule has 2 atom stereocenters. The zero-order valence-corrected chi connectivity index (χ0v) is 12.6. The average Bonchev–Trinajstić information content (AvgIpc) is 2.46. The molecule has 2 unspecified atom stereocenters. The first-order chi connectivity index (χ1) is 10.0. The van der Waals surface area contributed by atoms with Crippen molar-refractivity contribution in [1.29, 1.82) is 0 Å². The van der Waals surface area contributed by atoms with E-state index in [1.165, 1.54) is 18.4 Å². The van der Waals surface area contributed by atoms with Gasteiger partial charge in [0.1, 0.15) is 0 Å². The lowest BCUT2D eigenvalue weighted by atomic mass is 10.2. The highest BCUT2D eigenvalue weighted by atomic mass is 32.2. The quantitative estimate of drug-likeness (QED) is 0.524. The Morgan fingerprint density at radius 1 is 0.955 bits per heavy atom. The van der Waals surface area contributed by atoms with Gasteiger partial charge < -0.3 is 20.4 Å². The second-order valence-corrected chi connectivity index (χ2v) is 6.32. The Morgan fingerprint density at radius 2 is 1.32 bits per heavy atom. The number of hydrogen-bond donors (Lipinski definition) is 4. The normalized spacial score (nSPS) is 13.7. The van der Waals surface area contributed by atoms with Gasteiger partial charge in [0.2, 0.25) is 10.0 Å². The Morgan fingerprint density at radius 3 is 1.59 bits per heavy atom. The van der Waals surface area contributed by atoms with E-state index in [0.29, 0.717) is 4.90 Å². The predicted octanol–water partition coefficient (Wildman–Crippen LogP) is -1.19. The minimum atomic E-state index is -3.24. The molecule has 124 valence electrons. The van der Waals surface area contributed by atoms with Gasteiger partial charge in [-0.2, -0.15) is 0 Å². The lowest BCUT2D eigenvalue weighted by Gasteiger charge is -2.10. The van der Waals surface area contributed by atoms with Gasteiger partial charge in [-0.25, -0.2) is 22.3 Å². The van der Waals surface area contributed by atoms with Crippen LogP contribution in [0.25, 0.3) is 0 Å². The maximum atomic E-state index is 11.5. The lowest BCUT2D eigenvalue weighted by Crippen LogP contribution is -2.39. The van der Waals surface area contributed by atoms with Crippen molar-refractivity contribution in [3.63, 3.8) is 0 Å². The molecule has 0 amide bonds. The summed E-state index contributed by atoms with van der Waals surface area (Å²) in [4.78, 5) is 19.9. The number of sulfonamides is 1. The third-order valence-electron chi connectivity index (χ3n) is 2.33. The van der Waals surface area contributed by atoms with E-state index in [-0.39, 0.29) is 0 Å². The number of aliphatic carboxylic acids is 2. The molecule has 0 radical (unpaired) electrons. The van der Waals surface area contributed by atoms with Crippen LogP contribution in [-0.2, 0) is 19.6 Å². The second-order valence-electron chi connectivity index (χ2n) is 4.17. The molecule has 0 aromatic heterocycles. The summed E-state index contributed by atoms with van der Waals surface area (Å²) in [6.45, 7) is 0. The van der Waals surface area contributed by atoms with Crippen molar-refractivity contribution in [3.8, 4) is 0 Å². The van der Waals surface area contributed by atoms with Crippen molar-refractivity contribution in [1.82, 2.24) is 4.31 Å². The van der Waals surface area contributed by atoms with Gasteiger partial charge in [0.15, 0.2) is 12.2 Å². The second kappa shape index (κ2) is 8.44. The van der Waals surface area contributed by atoms with Crippen LogP contribution in [0.1, 0.15) is 0 Å². The molecule has 9 nitrogen and oxygen atoms in total. The minimum Gasteiger partial charge on any atom is -0.479 e. The summed E-state index contributed by atoms with van der Waals surface area (Å²) in [5.41, 5.74) is 0. The molecule has 0 spiro atoms. The molecule has 1 aromatic rings. The van der Waals surface area contributed by atoms with Crippen LogP contribution in [0.4, 0.5) is 0 Å². The number of aliphatic hydroxyl groups excluding tert-OH is 2. The Bertz CT molecular complexity index is 581. The van der Waals surface area contributed by atoms with Gasteiger partial charge in [-0.05, 0) is 12.1 Å². The topological polar surface area (TPSA) is 152 Å². The fraction of sp³-hybridized carbons (Fsp3) is 0.333. The monoisotopic (exact) mass is 335 g/mol. The van der Waals surface area contributed by atoms with Gasteiger partial charge in [0.05, 0.1) is 4.90 Å². The van der Waals surface area contributed by atoms with E-state index in [1.807, 2.05) is 0 Å². The summed E-state index contributed by atoms with van der Waals surface area (Å²) in [6.07, 6.45) is -4.53. The van der Waals surface area contributed by atoms with Crippen LogP contribution in [0.3, 0.4) is 0 Å². The summed E-state index contributed by atoms with van der Waals surface area (Å²) < 4.78 is 24.1. The number of benzene rings is 1. The number of carboxylic acids is 2.